The van der Waals surface area contributed by atoms with Crippen molar-refractivity contribution in [2.24, 2.45) is 11.7 Å². The van der Waals surface area contributed by atoms with E-state index in [0.29, 0.717) is 0 Å². The zero-order valence-corrected chi connectivity index (χ0v) is 10.7. The van der Waals surface area contributed by atoms with E-state index >= 15 is 0 Å². The van der Waals surface area contributed by atoms with Crippen LogP contribution in [0.4, 0.5) is 0 Å². The van der Waals surface area contributed by atoms with Crippen LogP contribution in [0.25, 0.3) is 0 Å². The van der Waals surface area contributed by atoms with E-state index in [1.165, 1.54) is 6.92 Å². The topological polar surface area (TPSA) is 156 Å². The van der Waals surface area contributed by atoms with Gasteiger partial charge in [-0.2, -0.15) is 9.97 Å². The Kier molecular flexibility index (Phi) is 4.95. The summed E-state index contributed by atoms with van der Waals surface area (Å²) in [4.78, 5) is 40.0. The average Bonchev–Trinajstić information content (AvgIpc) is 2.37. The van der Waals surface area contributed by atoms with Crippen molar-refractivity contribution in [2.45, 2.75) is 13.3 Å². The Morgan fingerprint density at radius 1 is 1.35 bits per heavy atom. The Morgan fingerprint density at radius 2 is 1.95 bits per heavy atom. The molecular weight excluding hydrogens is 268 g/mol. The molecule has 1 rings (SSSR count). The fraction of sp³-hybridized carbons (Fsp3) is 0.364. The summed E-state index contributed by atoms with van der Waals surface area (Å²) in [6, 6.07) is 0.295. The number of rotatable bonds is 6. The number of carboxylic acids is 1. The second-order valence-electron chi connectivity index (χ2n) is 4.09. The summed E-state index contributed by atoms with van der Waals surface area (Å²) in [6.45, 7) is 1.62. The smallest absolute Gasteiger partial charge is 0.315 e. The molecule has 0 aliphatic heterocycles. The number of carbonyl (C=O) groups is 3. The van der Waals surface area contributed by atoms with E-state index in [1.54, 1.807) is 0 Å². The van der Waals surface area contributed by atoms with E-state index in [9.17, 15) is 19.5 Å². The maximum atomic E-state index is 11.7. The fourth-order valence-corrected chi connectivity index (χ4v) is 1.29. The van der Waals surface area contributed by atoms with Crippen LogP contribution in [0.3, 0.4) is 0 Å². The van der Waals surface area contributed by atoms with Gasteiger partial charge in [0.15, 0.2) is 0 Å². The Bertz CT molecular complexity index is 546. The average molecular weight is 282 g/mol. The minimum atomic E-state index is -0.963. The second-order valence-corrected chi connectivity index (χ2v) is 4.09. The first-order chi connectivity index (χ1) is 9.31. The molecule has 1 heterocycles. The van der Waals surface area contributed by atoms with Crippen LogP contribution in [0.2, 0.25) is 0 Å². The predicted molar refractivity (Wildman–Crippen MR) is 66.0 cm³/mol. The van der Waals surface area contributed by atoms with Crippen molar-refractivity contribution in [2.75, 3.05) is 6.54 Å². The van der Waals surface area contributed by atoms with Crippen LogP contribution in [-0.2, 0) is 4.79 Å². The minimum absolute atomic E-state index is 0.114. The Hall–Kier alpha value is -2.71. The Balaban J connectivity index is 2.68. The number of hydrogen-bond acceptors (Lipinski definition) is 6. The number of carboxylic acid groups (broad SMARTS) is 1. The highest BCUT2D eigenvalue weighted by atomic mass is 16.4. The van der Waals surface area contributed by atoms with Gasteiger partial charge in [0.05, 0.1) is 5.92 Å². The lowest BCUT2D eigenvalue weighted by atomic mass is 10.1. The molecule has 9 heteroatoms. The maximum absolute atomic E-state index is 11.7. The van der Waals surface area contributed by atoms with Crippen molar-refractivity contribution in [1.29, 1.82) is 0 Å². The fourth-order valence-electron chi connectivity index (χ4n) is 1.29. The number of nitrogens with two attached hydrogens (primary N) is 1. The molecule has 2 amide bonds. The van der Waals surface area contributed by atoms with Crippen LogP contribution >= 0.6 is 0 Å². The standard InChI is InChI=1S/C11H14N4O5/c1-5(10(18)19)2-3-13-9(17)7-4-6(8(12)16)14-11(20)15-7/h4-5H,2-3H2,1H3,(H2,12,16)(H,13,17)(H,18,19)(H,14,15,20)/t5-/m1/s1. The first kappa shape index (κ1) is 15.3. The van der Waals surface area contributed by atoms with Crippen LogP contribution in [0.5, 0.6) is 6.01 Å². The van der Waals surface area contributed by atoms with Gasteiger partial charge in [0.25, 0.3) is 11.8 Å². The van der Waals surface area contributed by atoms with Crippen LogP contribution < -0.4 is 11.1 Å². The molecule has 9 nitrogen and oxygen atoms in total. The van der Waals surface area contributed by atoms with Crippen molar-refractivity contribution in [3.8, 4) is 6.01 Å². The third-order valence-corrected chi connectivity index (χ3v) is 2.48. The van der Waals surface area contributed by atoms with E-state index < -0.39 is 29.7 Å². The molecule has 0 fully saturated rings. The summed E-state index contributed by atoms with van der Waals surface area (Å²) in [6.07, 6.45) is 0.237. The SMILES string of the molecule is C[C@H](CCNC(=O)c1cc(C(N)=O)nc(O)n1)C(=O)O. The van der Waals surface area contributed by atoms with Crippen LogP contribution in [-0.4, -0.2) is 44.5 Å². The summed E-state index contributed by atoms with van der Waals surface area (Å²) in [5.74, 6) is -3.13. The van der Waals surface area contributed by atoms with Crippen molar-refractivity contribution in [3.05, 3.63) is 17.5 Å². The van der Waals surface area contributed by atoms with E-state index in [4.69, 9.17) is 10.8 Å². The molecule has 0 unspecified atom stereocenters. The number of aromatic nitrogens is 2. The number of aliphatic carboxylic acids is 1. The monoisotopic (exact) mass is 282 g/mol. The van der Waals surface area contributed by atoms with Gasteiger partial charge in [0.1, 0.15) is 11.4 Å². The molecule has 0 aromatic carbocycles. The normalized spacial score (nSPS) is 11.7. The second kappa shape index (κ2) is 6.45. The number of aromatic hydroxyl groups is 1. The van der Waals surface area contributed by atoms with Crippen LogP contribution in [0.15, 0.2) is 6.07 Å². The molecule has 0 aliphatic carbocycles. The molecule has 108 valence electrons. The summed E-state index contributed by atoms with van der Waals surface area (Å²) in [5, 5.41) is 20.3. The zero-order chi connectivity index (χ0) is 15.3. The third-order valence-electron chi connectivity index (χ3n) is 2.48. The lowest BCUT2D eigenvalue weighted by Crippen LogP contribution is -2.28. The van der Waals surface area contributed by atoms with Gasteiger partial charge in [-0.3, -0.25) is 14.4 Å². The molecule has 1 atom stereocenters. The largest absolute Gasteiger partial charge is 0.481 e. The van der Waals surface area contributed by atoms with Crippen LogP contribution in [0, 0.1) is 5.92 Å². The van der Waals surface area contributed by atoms with Crippen molar-refractivity contribution < 1.29 is 24.6 Å². The molecular formula is C11H14N4O5. The summed E-state index contributed by atoms with van der Waals surface area (Å²) in [5.41, 5.74) is 4.47. The first-order valence-corrected chi connectivity index (χ1v) is 5.70. The Labute approximate surface area is 113 Å². The van der Waals surface area contributed by atoms with Crippen LogP contribution in [0.1, 0.15) is 34.3 Å². The molecule has 5 N–H and O–H groups in total. The van der Waals surface area contributed by atoms with Gasteiger partial charge < -0.3 is 21.3 Å². The number of nitrogens with zero attached hydrogens (tertiary/aromatic N) is 2. The third kappa shape index (κ3) is 4.19. The zero-order valence-electron chi connectivity index (χ0n) is 10.7. The molecule has 20 heavy (non-hydrogen) atoms. The minimum Gasteiger partial charge on any atom is -0.481 e. The van der Waals surface area contributed by atoms with E-state index in [-0.39, 0.29) is 24.4 Å². The summed E-state index contributed by atoms with van der Waals surface area (Å²) in [7, 11) is 0. The highest BCUT2D eigenvalue weighted by molar-refractivity contribution is 5.96. The first-order valence-electron chi connectivity index (χ1n) is 5.70. The van der Waals surface area contributed by atoms with Gasteiger partial charge >= 0.3 is 12.0 Å². The number of carbonyl (C=O) groups excluding carboxylic acids is 2. The quantitative estimate of drug-likeness (QED) is 0.528. The molecule has 0 bridgehead atoms. The van der Waals surface area contributed by atoms with Crippen molar-refractivity contribution >= 4 is 17.8 Å². The number of hydrogen-bond donors (Lipinski definition) is 4. The molecule has 1 aromatic rings. The summed E-state index contributed by atoms with van der Waals surface area (Å²) >= 11 is 0. The lowest BCUT2D eigenvalue weighted by molar-refractivity contribution is -0.141. The molecule has 0 aliphatic rings. The van der Waals surface area contributed by atoms with Gasteiger partial charge in [0, 0.05) is 12.6 Å². The number of nitrogens with one attached hydrogen (secondary N) is 1. The highest BCUT2D eigenvalue weighted by Gasteiger charge is 2.15. The molecule has 1 aromatic heterocycles. The molecule has 0 saturated carbocycles. The van der Waals surface area contributed by atoms with Crippen molar-refractivity contribution in [1.82, 2.24) is 15.3 Å². The van der Waals surface area contributed by atoms with Gasteiger partial charge in [-0.1, -0.05) is 6.92 Å². The Morgan fingerprint density at radius 3 is 2.50 bits per heavy atom. The highest BCUT2D eigenvalue weighted by Crippen LogP contribution is 2.06. The van der Waals surface area contributed by atoms with E-state index in [2.05, 4.69) is 15.3 Å². The van der Waals surface area contributed by atoms with E-state index in [0.717, 1.165) is 6.07 Å². The summed E-state index contributed by atoms with van der Waals surface area (Å²) < 4.78 is 0. The molecule has 0 radical (unpaired) electrons. The maximum Gasteiger partial charge on any atom is 0.315 e. The lowest BCUT2D eigenvalue weighted by Gasteiger charge is -2.08. The van der Waals surface area contributed by atoms with Gasteiger partial charge in [-0.15, -0.1) is 0 Å². The number of amides is 2. The van der Waals surface area contributed by atoms with Crippen molar-refractivity contribution in [3.63, 3.8) is 0 Å². The number of primary amides is 1. The van der Waals surface area contributed by atoms with E-state index in [1.807, 2.05) is 0 Å². The molecule has 0 saturated heterocycles. The van der Waals surface area contributed by atoms with Gasteiger partial charge in [0.2, 0.25) is 0 Å². The van der Waals surface area contributed by atoms with Gasteiger partial charge in [-0.25, -0.2) is 0 Å². The molecule has 0 spiro atoms. The van der Waals surface area contributed by atoms with Gasteiger partial charge in [-0.05, 0) is 6.42 Å². The predicted octanol–water partition coefficient (Wildman–Crippen LogP) is -0.878.